The number of nitrogens with one attached hydrogen (secondary N) is 1. The molecule has 1 aliphatic carbocycles. The average molecular weight is 471 g/mol. The molecule has 4 rings (SSSR count). The van der Waals surface area contributed by atoms with E-state index in [4.69, 9.17) is 0 Å². The number of piperidine rings is 1. The van der Waals surface area contributed by atoms with Gasteiger partial charge in [0.05, 0.1) is 9.64 Å². The van der Waals surface area contributed by atoms with E-state index in [1.54, 1.807) is 53.4 Å². The first-order valence-electron chi connectivity index (χ1n) is 11.4. The van der Waals surface area contributed by atoms with E-state index in [0.717, 1.165) is 19.3 Å². The number of hydrogen-bond acceptors (Lipinski definition) is 5. The van der Waals surface area contributed by atoms with Crippen LogP contribution in [0.1, 0.15) is 48.9 Å². The van der Waals surface area contributed by atoms with Crippen molar-refractivity contribution in [2.45, 2.75) is 53.7 Å². The van der Waals surface area contributed by atoms with E-state index in [1.807, 2.05) is 0 Å². The summed E-state index contributed by atoms with van der Waals surface area (Å²) in [5, 5.41) is 12.7. The van der Waals surface area contributed by atoms with Crippen LogP contribution < -0.4 is 5.32 Å². The maximum Gasteiger partial charge on any atom is 0.252 e. The van der Waals surface area contributed by atoms with E-state index < -0.39 is 26.0 Å². The molecule has 1 heterocycles. The first-order chi connectivity index (χ1) is 15.8. The number of benzene rings is 2. The molecule has 2 aliphatic rings. The number of aliphatic hydroxyl groups is 1. The van der Waals surface area contributed by atoms with Crippen molar-refractivity contribution in [1.29, 1.82) is 0 Å². The minimum Gasteiger partial charge on any atom is -0.396 e. The van der Waals surface area contributed by atoms with Gasteiger partial charge in [0.25, 0.3) is 5.91 Å². The molecule has 0 radical (unpaired) electrons. The average Bonchev–Trinajstić information content (AvgIpc) is 2.83. The highest BCUT2D eigenvalue weighted by Crippen LogP contribution is 2.52. The van der Waals surface area contributed by atoms with Gasteiger partial charge in [0.2, 0.25) is 5.91 Å². The van der Waals surface area contributed by atoms with Crippen LogP contribution in [0.3, 0.4) is 0 Å². The molecule has 0 atom stereocenters. The fraction of sp³-hybridized carbons (Fsp3) is 0.440. The van der Waals surface area contributed by atoms with Gasteiger partial charge in [-0.25, -0.2) is 8.42 Å². The summed E-state index contributed by atoms with van der Waals surface area (Å²) in [6, 6.07) is 16.7. The molecule has 1 saturated heterocycles. The number of aliphatic hydroxyl groups excluding tert-OH is 1. The van der Waals surface area contributed by atoms with Crippen molar-refractivity contribution in [3.05, 3.63) is 66.2 Å². The molecule has 176 valence electrons. The van der Waals surface area contributed by atoms with Crippen molar-refractivity contribution < 1.29 is 23.1 Å². The molecule has 1 saturated carbocycles. The Hall–Kier alpha value is -2.71. The minimum atomic E-state index is -3.84. The van der Waals surface area contributed by atoms with Gasteiger partial charge in [0.15, 0.2) is 9.84 Å². The lowest BCUT2D eigenvalue weighted by atomic mass is 9.65. The van der Waals surface area contributed by atoms with Crippen LogP contribution in [-0.4, -0.2) is 60.2 Å². The topological polar surface area (TPSA) is 104 Å². The molecular weight excluding hydrogens is 440 g/mol. The monoisotopic (exact) mass is 470 g/mol. The fourth-order valence-corrected chi connectivity index (χ4v) is 7.42. The van der Waals surface area contributed by atoms with Crippen LogP contribution in [0.5, 0.6) is 0 Å². The lowest BCUT2D eigenvalue weighted by molar-refractivity contribution is -0.144. The summed E-state index contributed by atoms with van der Waals surface area (Å²) in [4.78, 5) is 28.6. The van der Waals surface area contributed by atoms with Crippen LogP contribution in [0.25, 0.3) is 0 Å². The number of likely N-dealkylation sites (tertiary alicyclic amines) is 1. The summed E-state index contributed by atoms with van der Waals surface area (Å²) in [5.74, 6) is -0.640. The van der Waals surface area contributed by atoms with Crippen molar-refractivity contribution in [3.63, 3.8) is 0 Å². The summed E-state index contributed by atoms with van der Waals surface area (Å²) in [6.07, 6.45) is 2.69. The molecule has 2 amide bonds. The van der Waals surface area contributed by atoms with Crippen molar-refractivity contribution >= 4 is 21.7 Å². The Balaban J connectivity index is 1.68. The van der Waals surface area contributed by atoms with Gasteiger partial charge in [-0.05, 0) is 62.8 Å². The van der Waals surface area contributed by atoms with E-state index in [0.29, 0.717) is 18.7 Å². The van der Waals surface area contributed by atoms with Crippen LogP contribution in [0.2, 0.25) is 0 Å². The summed E-state index contributed by atoms with van der Waals surface area (Å²) in [5.41, 5.74) is -0.907. The predicted molar refractivity (Wildman–Crippen MR) is 124 cm³/mol. The molecule has 2 fully saturated rings. The Kier molecular flexibility index (Phi) is 6.59. The Morgan fingerprint density at radius 2 is 1.48 bits per heavy atom. The van der Waals surface area contributed by atoms with E-state index in [9.17, 15) is 23.1 Å². The first kappa shape index (κ1) is 23.4. The van der Waals surface area contributed by atoms with Crippen LogP contribution in [0, 0.1) is 0 Å². The third-order valence-electron chi connectivity index (χ3n) is 6.88. The molecule has 0 bridgehead atoms. The number of carbonyl (C=O) groups excluding carboxylic acids is 2. The molecule has 7 nitrogen and oxygen atoms in total. The van der Waals surface area contributed by atoms with E-state index in [1.165, 1.54) is 12.1 Å². The quantitative estimate of drug-likeness (QED) is 0.647. The van der Waals surface area contributed by atoms with Gasteiger partial charge in [0, 0.05) is 25.3 Å². The van der Waals surface area contributed by atoms with Gasteiger partial charge in [0.1, 0.15) is 5.54 Å². The smallest absolute Gasteiger partial charge is 0.252 e. The minimum absolute atomic E-state index is 0.000461. The van der Waals surface area contributed by atoms with Crippen molar-refractivity contribution in [2.24, 2.45) is 0 Å². The third kappa shape index (κ3) is 4.29. The van der Waals surface area contributed by atoms with Crippen LogP contribution >= 0.6 is 0 Å². The summed E-state index contributed by atoms with van der Waals surface area (Å²) in [6.45, 7) is 0.868. The zero-order valence-corrected chi connectivity index (χ0v) is 19.4. The van der Waals surface area contributed by atoms with Crippen LogP contribution in [-0.2, 0) is 14.6 Å². The summed E-state index contributed by atoms with van der Waals surface area (Å²) in [7, 11) is -3.84. The number of hydrogen-bond donors (Lipinski definition) is 2. The summed E-state index contributed by atoms with van der Waals surface area (Å²) >= 11 is 0. The Bertz CT molecular complexity index is 1090. The van der Waals surface area contributed by atoms with Gasteiger partial charge in [-0.15, -0.1) is 0 Å². The number of amides is 2. The standard InChI is InChI=1S/C25H30N2O5S/c28-17-14-24(33(31,32)21-12-6-2-7-13-21)18-25(19-24,23(30)27-15-8-3-9-16-27)26-22(29)20-10-4-1-5-11-20/h1-2,4-7,10-13,28H,3,8-9,14-19H2,(H,26,29). The number of sulfone groups is 1. The zero-order valence-electron chi connectivity index (χ0n) is 18.6. The van der Waals surface area contributed by atoms with Crippen molar-refractivity contribution in [2.75, 3.05) is 19.7 Å². The van der Waals surface area contributed by atoms with Gasteiger partial charge < -0.3 is 15.3 Å². The lowest BCUT2D eigenvalue weighted by Gasteiger charge is -2.55. The highest BCUT2D eigenvalue weighted by atomic mass is 32.2. The highest BCUT2D eigenvalue weighted by Gasteiger charge is 2.66. The van der Waals surface area contributed by atoms with Gasteiger partial charge >= 0.3 is 0 Å². The summed E-state index contributed by atoms with van der Waals surface area (Å²) < 4.78 is 25.9. The maximum atomic E-state index is 13.7. The Labute approximate surface area is 194 Å². The van der Waals surface area contributed by atoms with Crippen molar-refractivity contribution in [1.82, 2.24) is 10.2 Å². The molecule has 0 aromatic heterocycles. The molecule has 2 aromatic rings. The van der Waals surface area contributed by atoms with Crippen molar-refractivity contribution in [3.8, 4) is 0 Å². The highest BCUT2D eigenvalue weighted by molar-refractivity contribution is 7.93. The number of rotatable bonds is 7. The Morgan fingerprint density at radius 3 is 2.06 bits per heavy atom. The number of nitrogens with zero attached hydrogens (tertiary/aromatic N) is 1. The Morgan fingerprint density at radius 1 is 0.909 bits per heavy atom. The third-order valence-corrected chi connectivity index (χ3v) is 9.41. The predicted octanol–water partition coefficient (Wildman–Crippen LogP) is 2.56. The molecule has 0 unspecified atom stereocenters. The molecule has 1 aliphatic heterocycles. The molecule has 2 aromatic carbocycles. The second kappa shape index (κ2) is 9.27. The number of carbonyl (C=O) groups is 2. The van der Waals surface area contributed by atoms with E-state index in [-0.39, 0.29) is 36.7 Å². The molecule has 8 heteroatoms. The zero-order chi connectivity index (χ0) is 23.5. The van der Waals surface area contributed by atoms with E-state index in [2.05, 4.69) is 5.32 Å². The maximum absolute atomic E-state index is 13.7. The second-order valence-corrected chi connectivity index (χ2v) is 11.4. The molecule has 0 spiro atoms. The largest absolute Gasteiger partial charge is 0.396 e. The second-order valence-electron chi connectivity index (χ2n) is 9.08. The van der Waals surface area contributed by atoms with Crippen LogP contribution in [0.4, 0.5) is 0 Å². The molecule has 33 heavy (non-hydrogen) atoms. The van der Waals surface area contributed by atoms with Gasteiger partial charge in [-0.2, -0.15) is 0 Å². The molecular formula is C25H30N2O5S. The van der Waals surface area contributed by atoms with E-state index >= 15 is 0 Å². The first-order valence-corrected chi connectivity index (χ1v) is 12.9. The fourth-order valence-electron chi connectivity index (χ4n) is 5.17. The van der Waals surface area contributed by atoms with Gasteiger partial charge in [-0.1, -0.05) is 36.4 Å². The molecule has 2 N–H and O–H groups in total. The lowest BCUT2D eigenvalue weighted by Crippen LogP contribution is -2.74. The van der Waals surface area contributed by atoms with Gasteiger partial charge in [-0.3, -0.25) is 9.59 Å². The normalized spacial score (nSPS) is 25.2. The van der Waals surface area contributed by atoms with Crippen LogP contribution in [0.15, 0.2) is 65.6 Å². The SMILES string of the molecule is O=C(NC1(C(=O)N2CCCCC2)CC(CCO)(S(=O)(=O)c2ccccc2)C1)c1ccccc1.